The number of benzene rings is 3. The number of amides is 2. The van der Waals surface area contributed by atoms with Gasteiger partial charge in [0.15, 0.2) is 6.10 Å². The predicted molar refractivity (Wildman–Crippen MR) is 145 cm³/mol. The van der Waals surface area contributed by atoms with Crippen LogP contribution >= 0.6 is 39.1 Å². The van der Waals surface area contributed by atoms with E-state index in [0.29, 0.717) is 16.5 Å². The van der Waals surface area contributed by atoms with Crippen molar-refractivity contribution >= 4 is 57.2 Å². The van der Waals surface area contributed by atoms with Crippen LogP contribution in [0.2, 0.25) is 10.0 Å². The summed E-state index contributed by atoms with van der Waals surface area (Å²) in [6, 6.07) is 18.5. The molecule has 36 heavy (non-hydrogen) atoms. The average molecular weight is 593 g/mol. The number of hydrogen-bond acceptors (Lipinski definition) is 5. The van der Waals surface area contributed by atoms with Crippen molar-refractivity contribution in [3.8, 4) is 11.5 Å². The molecule has 188 valence electrons. The summed E-state index contributed by atoms with van der Waals surface area (Å²) in [6.07, 6.45) is 0.837. The van der Waals surface area contributed by atoms with Crippen LogP contribution in [0.5, 0.6) is 11.5 Å². The van der Waals surface area contributed by atoms with Crippen molar-refractivity contribution in [1.29, 1.82) is 0 Å². The van der Waals surface area contributed by atoms with Gasteiger partial charge < -0.3 is 14.8 Å². The third kappa shape index (κ3) is 7.98. The van der Waals surface area contributed by atoms with Crippen LogP contribution in [0.1, 0.15) is 18.1 Å². The molecule has 2 amide bonds. The lowest BCUT2D eigenvalue weighted by atomic mass is 10.1. The molecule has 0 saturated carbocycles. The maximum atomic E-state index is 13.0. The van der Waals surface area contributed by atoms with Gasteiger partial charge in [-0.2, -0.15) is 5.10 Å². The molecule has 0 fully saturated rings. The number of carbonyl (C=O) groups is 2. The van der Waals surface area contributed by atoms with E-state index in [9.17, 15) is 9.59 Å². The second kappa shape index (κ2) is 13.3. The molecule has 0 radical (unpaired) electrons. The summed E-state index contributed by atoms with van der Waals surface area (Å²) >= 11 is 15.5. The van der Waals surface area contributed by atoms with Crippen LogP contribution < -0.4 is 20.2 Å². The first-order valence-electron chi connectivity index (χ1n) is 10.9. The highest BCUT2D eigenvalue weighted by molar-refractivity contribution is 9.10. The summed E-state index contributed by atoms with van der Waals surface area (Å²) in [6.45, 7) is 1.57. The maximum Gasteiger partial charge on any atom is 0.262 e. The molecule has 3 aromatic carbocycles. The van der Waals surface area contributed by atoms with Gasteiger partial charge in [0.1, 0.15) is 17.5 Å². The van der Waals surface area contributed by atoms with Crippen LogP contribution in [0.15, 0.2) is 76.3 Å². The second-order valence-electron chi connectivity index (χ2n) is 7.71. The maximum absolute atomic E-state index is 13.0. The van der Waals surface area contributed by atoms with E-state index < -0.39 is 24.0 Å². The summed E-state index contributed by atoms with van der Waals surface area (Å²) in [4.78, 5) is 25.9. The number of hydrogen-bond donors (Lipinski definition) is 2. The first-order chi connectivity index (χ1) is 17.3. The fourth-order valence-corrected chi connectivity index (χ4v) is 4.19. The molecular weight excluding hydrogens is 569 g/mol. The zero-order valence-electron chi connectivity index (χ0n) is 19.5. The summed E-state index contributed by atoms with van der Waals surface area (Å²) < 4.78 is 11.6. The Morgan fingerprint density at radius 1 is 1.03 bits per heavy atom. The summed E-state index contributed by atoms with van der Waals surface area (Å²) in [5, 5.41) is 7.52. The minimum absolute atomic E-state index is 0.260. The Bertz CT molecular complexity index is 1240. The Labute approximate surface area is 227 Å². The lowest BCUT2D eigenvalue weighted by Gasteiger charge is -2.21. The minimum Gasteiger partial charge on any atom is -0.496 e. The standard InChI is InChI=1S/C26H24BrCl2N3O4/c1-16(36-24-11-9-19(28)14-21(24)29)25(33)31-22(13-17-6-4-3-5-7-17)26(34)32-30-15-18-8-10-23(35-2)20(27)12-18/h3-12,14-16,22H,13H2,1-2H3,(H,31,33)(H,32,34)/b30-15-/t16-,22+/m1/s1. The number of halogens is 3. The van der Waals surface area contributed by atoms with E-state index in [0.717, 1.165) is 15.6 Å². The van der Waals surface area contributed by atoms with Gasteiger partial charge in [-0.25, -0.2) is 5.43 Å². The highest BCUT2D eigenvalue weighted by atomic mass is 79.9. The molecule has 0 bridgehead atoms. The molecule has 0 aliphatic heterocycles. The van der Waals surface area contributed by atoms with Crippen molar-refractivity contribution in [2.45, 2.75) is 25.5 Å². The lowest BCUT2D eigenvalue weighted by molar-refractivity contribution is -0.132. The van der Waals surface area contributed by atoms with Crippen molar-refractivity contribution in [3.05, 3.63) is 92.4 Å². The Kier molecular flexibility index (Phi) is 10.2. The summed E-state index contributed by atoms with van der Waals surface area (Å²) in [5.41, 5.74) is 4.12. The topological polar surface area (TPSA) is 89.0 Å². The van der Waals surface area contributed by atoms with Crippen LogP contribution in [-0.2, 0) is 16.0 Å². The van der Waals surface area contributed by atoms with Crippen molar-refractivity contribution in [2.75, 3.05) is 7.11 Å². The van der Waals surface area contributed by atoms with Crippen molar-refractivity contribution in [2.24, 2.45) is 5.10 Å². The number of nitrogens with zero attached hydrogens (tertiary/aromatic N) is 1. The molecule has 0 spiro atoms. The van der Waals surface area contributed by atoms with E-state index >= 15 is 0 Å². The molecule has 3 aromatic rings. The van der Waals surface area contributed by atoms with Gasteiger partial charge in [-0.15, -0.1) is 0 Å². The van der Waals surface area contributed by atoms with Crippen LogP contribution in [0.25, 0.3) is 0 Å². The van der Waals surface area contributed by atoms with E-state index in [2.05, 4.69) is 31.8 Å². The Morgan fingerprint density at radius 3 is 2.42 bits per heavy atom. The molecule has 0 unspecified atom stereocenters. The van der Waals surface area contributed by atoms with E-state index in [1.807, 2.05) is 30.3 Å². The number of methoxy groups -OCH3 is 1. The third-order valence-electron chi connectivity index (χ3n) is 5.05. The SMILES string of the molecule is COc1ccc(/C=N\NC(=O)[C@H](Cc2ccccc2)NC(=O)[C@@H](C)Oc2ccc(Cl)cc2Cl)cc1Br. The zero-order chi connectivity index (χ0) is 26.1. The van der Waals surface area contributed by atoms with Crippen molar-refractivity contribution < 1.29 is 19.1 Å². The van der Waals surface area contributed by atoms with E-state index in [-0.39, 0.29) is 11.4 Å². The smallest absolute Gasteiger partial charge is 0.262 e. The van der Waals surface area contributed by atoms with E-state index in [1.54, 1.807) is 44.4 Å². The molecule has 3 rings (SSSR count). The first-order valence-corrected chi connectivity index (χ1v) is 12.4. The van der Waals surface area contributed by atoms with Crippen molar-refractivity contribution in [3.63, 3.8) is 0 Å². The predicted octanol–water partition coefficient (Wildman–Crippen LogP) is 5.41. The minimum atomic E-state index is -0.921. The quantitative estimate of drug-likeness (QED) is 0.243. The fraction of sp³-hybridized carbons (Fsp3) is 0.192. The van der Waals surface area contributed by atoms with Crippen LogP contribution in [0.3, 0.4) is 0 Å². The molecule has 10 heteroatoms. The normalized spacial score (nSPS) is 12.6. The molecular formula is C26H24BrCl2N3O4. The molecule has 0 aromatic heterocycles. The van der Waals surface area contributed by atoms with Crippen LogP contribution in [-0.4, -0.2) is 37.3 Å². The first kappa shape index (κ1) is 27.5. The largest absolute Gasteiger partial charge is 0.496 e. The molecule has 2 atom stereocenters. The summed E-state index contributed by atoms with van der Waals surface area (Å²) in [5.74, 6) is 0.0222. The highest BCUT2D eigenvalue weighted by Crippen LogP contribution is 2.28. The van der Waals surface area contributed by atoms with Gasteiger partial charge in [-0.3, -0.25) is 9.59 Å². The fourth-order valence-electron chi connectivity index (χ4n) is 3.17. The molecule has 0 saturated heterocycles. The Morgan fingerprint density at radius 2 is 1.75 bits per heavy atom. The van der Waals surface area contributed by atoms with Gasteiger partial charge >= 0.3 is 0 Å². The van der Waals surface area contributed by atoms with Gasteiger partial charge in [-0.1, -0.05) is 53.5 Å². The van der Waals surface area contributed by atoms with Crippen LogP contribution in [0.4, 0.5) is 0 Å². The van der Waals surface area contributed by atoms with Gasteiger partial charge in [0.2, 0.25) is 0 Å². The average Bonchev–Trinajstić information content (AvgIpc) is 2.86. The van der Waals surface area contributed by atoms with Crippen LogP contribution in [0, 0.1) is 0 Å². The van der Waals surface area contributed by atoms with E-state index in [1.165, 1.54) is 12.3 Å². The van der Waals surface area contributed by atoms with Crippen molar-refractivity contribution in [1.82, 2.24) is 10.7 Å². The number of nitrogens with one attached hydrogen (secondary N) is 2. The second-order valence-corrected chi connectivity index (χ2v) is 9.41. The number of hydrazone groups is 1. The summed E-state index contributed by atoms with van der Waals surface area (Å²) in [7, 11) is 1.57. The molecule has 0 aliphatic rings. The molecule has 0 heterocycles. The molecule has 0 aliphatic carbocycles. The van der Waals surface area contributed by atoms with Gasteiger partial charge in [-0.05, 0) is 70.4 Å². The Balaban J connectivity index is 1.69. The number of ether oxygens (including phenoxy) is 2. The van der Waals surface area contributed by atoms with Gasteiger partial charge in [0.05, 0.1) is 22.8 Å². The zero-order valence-corrected chi connectivity index (χ0v) is 22.6. The van der Waals surface area contributed by atoms with Gasteiger partial charge in [0.25, 0.3) is 11.8 Å². The monoisotopic (exact) mass is 591 g/mol. The third-order valence-corrected chi connectivity index (χ3v) is 6.20. The molecule has 2 N–H and O–H groups in total. The lowest BCUT2D eigenvalue weighted by Crippen LogP contribution is -2.50. The van der Waals surface area contributed by atoms with Gasteiger partial charge in [0, 0.05) is 11.4 Å². The molecule has 7 nitrogen and oxygen atoms in total. The number of carbonyl (C=O) groups excluding carboxylic acids is 2. The van der Waals surface area contributed by atoms with E-state index in [4.69, 9.17) is 32.7 Å². The number of rotatable bonds is 10. The Hall–Kier alpha value is -3.07. The highest BCUT2D eigenvalue weighted by Gasteiger charge is 2.25.